The first-order valence-electron chi connectivity index (χ1n) is 5.41. The summed E-state index contributed by atoms with van der Waals surface area (Å²) in [7, 11) is 0. The maximum atomic E-state index is 9.68. The molecule has 0 fully saturated rings. The van der Waals surface area contributed by atoms with E-state index >= 15 is 0 Å². The molecule has 24 heavy (non-hydrogen) atoms. The minimum atomic E-state index is -1.51. The van der Waals surface area contributed by atoms with E-state index in [1.165, 1.54) is 6.08 Å². The Bertz CT molecular complexity index is 566. The molecule has 0 radical (unpaired) electrons. The Morgan fingerprint density at radius 2 is 1.50 bits per heavy atom. The quantitative estimate of drug-likeness (QED) is 0.245. The zero-order valence-electron chi connectivity index (χ0n) is 13.2. The maximum absolute atomic E-state index is 9.68. The van der Waals surface area contributed by atoms with E-state index in [0.717, 1.165) is 6.08 Å². The van der Waals surface area contributed by atoms with Crippen LogP contribution in [0.1, 0.15) is 0 Å². The molecule has 0 aromatic heterocycles. The number of carboxylic acids is 3. The number of hydrogen-bond donors (Lipinski definition) is 1. The molecule has 0 spiro atoms. The molecule has 0 saturated carbocycles. The third-order valence-electron chi connectivity index (χ3n) is 1.46. The second kappa shape index (κ2) is 21.5. The molecular formula is C14H11NNa2O7. The summed E-state index contributed by atoms with van der Waals surface area (Å²) in [6.45, 7) is 2.90. The average Bonchev–Trinajstić information content (AvgIpc) is 2.48. The molecule has 0 amide bonds. The first-order valence-corrected chi connectivity index (χ1v) is 5.41. The Morgan fingerprint density at radius 1 is 1.04 bits per heavy atom. The predicted molar refractivity (Wildman–Crippen MR) is 71.2 cm³/mol. The molecule has 1 aromatic carbocycles. The molecule has 0 bridgehead atoms. The standard InChI is InChI=1S/C7H5NO.C4H4O4.C3H4O2.2Na/c9-6-8-7-4-2-1-3-5-7;5-3(6)1-2-4(7)8;1-2-3(4)5;;/h1-5H;1-2H,(H,5,6)(H,7,8);2H,1H2,(H,4,5);;/q;;;2*+1/p-2. The zero-order chi connectivity index (χ0) is 17.4. The molecule has 10 heteroatoms. The van der Waals surface area contributed by atoms with Gasteiger partial charge in [-0.1, -0.05) is 24.8 Å². The van der Waals surface area contributed by atoms with Gasteiger partial charge in [0.05, 0.1) is 17.6 Å². The number of carbonyl (C=O) groups excluding carboxylic acids is 3. The number of aliphatic carboxylic acids is 3. The van der Waals surface area contributed by atoms with Gasteiger partial charge in [-0.15, -0.1) is 0 Å². The van der Waals surface area contributed by atoms with Crippen LogP contribution in [0.4, 0.5) is 5.69 Å². The summed E-state index contributed by atoms with van der Waals surface area (Å²) in [4.78, 5) is 41.2. The van der Waals surface area contributed by atoms with Crippen LogP contribution in [0.5, 0.6) is 0 Å². The first-order chi connectivity index (χ1) is 10.3. The van der Waals surface area contributed by atoms with Gasteiger partial charge in [0.1, 0.15) is 0 Å². The fourth-order valence-corrected chi connectivity index (χ4v) is 0.695. The third-order valence-corrected chi connectivity index (χ3v) is 1.46. The average molecular weight is 351 g/mol. The smallest absolute Gasteiger partial charge is 0.545 e. The molecule has 0 unspecified atom stereocenters. The van der Waals surface area contributed by atoms with Crippen molar-refractivity contribution in [2.24, 2.45) is 4.99 Å². The Labute approximate surface area is 182 Å². The molecule has 1 rings (SSSR count). The van der Waals surface area contributed by atoms with Crippen molar-refractivity contribution in [2.45, 2.75) is 0 Å². The van der Waals surface area contributed by atoms with Crippen molar-refractivity contribution in [2.75, 3.05) is 0 Å². The third kappa shape index (κ3) is 28.6. The van der Waals surface area contributed by atoms with Gasteiger partial charge in [-0.3, -0.25) is 0 Å². The summed E-state index contributed by atoms with van der Waals surface area (Å²) >= 11 is 0. The van der Waals surface area contributed by atoms with Crippen molar-refractivity contribution in [3.63, 3.8) is 0 Å². The number of carboxylic acid groups (broad SMARTS) is 3. The van der Waals surface area contributed by atoms with Crippen LogP contribution in [0.2, 0.25) is 0 Å². The summed E-state index contributed by atoms with van der Waals surface area (Å²) < 4.78 is 0. The zero-order valence-corrected chi connectivity index (χ0v) is 17.2. The van der Waals surface area contributed by atoms with Gasteiger partial charge in [-0.25, -0.2) is 9.59 Å². The fourth-order valence-electron chi connectivity index (χ4n) is 0.695. The van der Waals surface area contributed by atoms with E-state index in [1.54, 1.807) is 12.1 Å². The van der Waals surface area contributed by atoms with E-state index < -0.39 is 17.9 Å². The van der Waals surface area contributed by atoms with Crippen molar-refractivity contribution in [1.29, 1.82) is 0 Å². The van der Waals surface area contributed by atoms with Gasteiger partial charge in [0, 0.05) is 6.08 Å². The van der Waals surface area contributed by atoms with Crippen LogP contribution in [-0.4, -0.2) is 29.1 Å². The largest absolute Gasteiger partial charge is 1.00 e. The van der Waals surface area contributed by atoms with Gasteiger partial charge in [0.2, 0.25) is 6.08 Å². The summed E-state index contributed by atoms with van der Waals surface area (Å²) in [5.74, 6) is -4.04. The van der Waals surface area contributed by atoms with E-state index in [0.29, 0.717) is 17.8 Å². The van der Waals surface area contributed by atoms with E-state index in [9.17, 15) is 19.5 Å². The van der Waals surface area contributed by atoms with Crippen LogP contribution in [0.15, 0.2) is 60.1 Å². The second-order valence-electron chi connectivity index (χ2n) is 3.05. The Balaban J connectivity index is -0.000000125. The summed E-state index contributed by atoms with van der Waals surface area (Å²) in [6, 6.07) is 8.98. The predicted octanol–water partition coefficient (Wildman–Crippen LogP) is -7.04. The molecule has 0 aliphatic carbocycles. The molecule has 0 aliphatic heterocycles. The molecule has 0 atom stereocenters. The summed E-state index contributed by atoms with van der Waals surface area (Å²) in [5.41, 5.74) is 0.646. The molecule has 1 aromatic rings. The Morgan fingerprint density at radius 3 is 1.75 bits per heavy atom. The SMILES string of the molecule is C=CC(=O)[O-].O=C([O-])C=CC(=O)O.O=C=Nc1ccccc1.[Na+].[Na+]. The van der Waals surface area contributed by atoms with Crippen LogP contribution < -0.4 is 69.3 Å². The van der Waals surface area contributed by atoms with Crippen LogP contribution in [-0.2, 0) is 19.2 Å². The number of nitrogens with zero attached hydrogens (tertiary/aromatic N) is 1. The van der Waals surface area contributed by atoms with Crippen LogP contribution in [0, 0.1) is 0 Å². The van der Waals surface area contributed by atoms with Crippen molar-refractivity contribution in [3.05, 3.63) is 55.1 Å². The summed E-state index contributed by atoms with van der Waals surface area (Å²) in [6.07, 6.45) is 3.12. The van der Waals surface area contributed by atoms with Crippen molar-refractivity contribution < 1.29 is 93.6 Å². The van der Waals surface area contributed by atoms with E-state index in [2.05, 4.69) is 11.6 Å². The molecular weight excluding hydrogens is 340 g/mol. The molecule has 0 heterocycles. The minimum absolute atomic E-state index is 0. The molecule has 8 nitrogen and oxygen atoms in total. The first kappa shape index (κ1) is 30.4. The van der Waals surface area contributed by atoms with Crippen molar-refractivity contribution >= 4 is 29.7 Å². The van der Waals surface area contributed by atoms with Gasteiger partial charge < -0.3 is 24.9 Å². The number of para-hydroxylation sites is 1. The van der Waals surface area contributed by atoms with Crippen molar-refractivity contribution in [1.82, 2.24) is 0 Å². The van der Waals surface area contributed by atoms with E-state index in [1.807, 2.05) is 18.2 Å². The molecule has 0 saturated heterocycles. The summed E-state index contributed by atoms with van der Waals surface area (Å²) in [5, 5.41) is 26.4. The van der Waals surface area contributed by atoms with Crippen LogP contribution in [0.3, 0.4) is 0 Å². The molecule has 116 valence electrons. The number of rotatable bonds is 4. The number of benzene rings is 1. The normalized spacial score (nSPS) is 7.50. The topological polar surface area (TPSA) is 147 Å². The number of hydrogen-bond acceptors (Lipinski definition) is 7. The van der Waals surface area contributed by atoms with Crippen molar-refractivity contribution in [3.8, 4) is 0 Å². The molecule has 0 aliphatic rings. The van der Waals surface area contributed by atoms with Crippen LogP contribution >= 0.6 is 0 Å². The molecule has 1 N–H and O–H groups in total. The minimum Gasteiger partial charge on any atom is -0.545 e. The van der Waals surface area contributed by atoms with Crippen LogP contribution in [0.25, 0.3) is 0 Å². The number of isocyanates is 1. The van der Waals surface area contributed by atoms with Gasteiger partial charge in [0.25, 0.3) is 0 Å². The van der Waals surface area contributed by atoms with E-state index in [4.69, 9.17) is 15.0 Å². The van der Waals surface area contributed by atoms with Gasteiger partial charge in [0.15, 0.2) is 0 Å². The Hall–Kier alpha value is -1.51. The maximum Gasteiger partial charge on any atom is 1.00 e. The van der Waals surface area contributed by atoms with Gasteiger partial charge >= 0.3 is 65.1 Å². The number of carbonyl (C=O) groups is 3. The van der Waals surface area contributed by atoms with Gasteiger partial charge in [-0.05, 0) is 24.3 Å². The van der Waals surface area contributed by atoms with E-state index in [-0.39, 0.29) is 59.1 Å². The Kier molecular flexibility index (Phi) is 27.2. The van der Waals surface area contributed by atoms with Gasteiger partial charge in [-0.2, -0.15) is 4.99 Å². The second-order valence-corrected chi connectivity index (χ2v) is 3.05. The number of aliphatic imine (C=N–C) groups is 1. The monoisotopic (exact) mass is 351 g/mol. The fraction of sp³-hybridized carbons (Fsp3) is 0.